The van der Waals surface area contributed by atoms with Crippen LogP contribution in [0.1, 0.15) is 53.4 Å². The summed E-state index contributed by atoms with van der Waals surface area (Å²) in [6.07, 6.45) is 3.87. The average molecular weight is 298 g/mol. The summed E-state index contributed by atoms with van der Waals surface area (Å²) in [5, 5.41) is 12.3. The maximum atomic E-state index is 12.2. The Balaban J connectivity index is 2.56. The predicted molar refractivity (Wildman–Crippen MR) is 83.2 cm³/mol. The van der Waals surface area contributed by atoms with Gasteiger partial charge in [0.25, 0.3) is 0 Å². The highest BCUT2D eigenvalue weighted by molar-refractivity contribution is 5.76. The van der Waals surface area contributed by atoms with Crippen LogP contribution in [0.5, 0.6) is 0 Å². The van der Waals surface area contributed by atoms with Crippen LogP contribution in [-0.4, -0.2) is 41.6 Å². The number of carboxylic acid groups (broad SMARTS) is 1. The van der Waals surface area contributed by atoms with Gasteiger partial charge in [-0.3, -0.25) is 4.79 Å². The molecule has 0 aromatic carbocycles. The summed E-state index contributed by atoms with van der Waals surface area (Å²) in [7, 11) is 0. The van der Waals surface area contributed by atoms with Crippen LogP contribution in [-0.2, 0) is 4.79 Å². The summed E-state index contributed by atoms with van der Waals surface area (Å²) >= 11 is 0. The van der Waals surface area contributed by atoms with Crippen LogP contribution in [0.2, 0.25) is 0 Å². The van der Waals surface area contributed by atoms with Crippen LogP contribution in [0.3, 0.4) is 0 Å². The molecule has 0 spiro atoms. The third-order valence-electron chi connectivity index (χ3n) is 4.98. The standard InChI is InChI=1S/C16H30N2O3/c1-5-12(6-2)10-17-15(21)18-9-7-8-13(11-18)16(3,4)14(19)20/h12-13H,5-11H2,1-4H3,(H,17,21)(H,19,20). The quantitative estimate of drug-likeness (QED) is 0.792. The zero-order valence-electron chi connectivity index (χ0n) is 13.8. The highest BCUT2D eigenvalue weighted by Gasteiger charge is 2.39. The minimum atomic E-state index is -0.785. The Labute approximate surface area is 128 Å². The molecule has 2 amide bonds. The van der Waals surface area contributed by atoms with Gasteiger partial charge in [-0.05, 0) is 38.5 Å². The first kappa shape index (κ1) is 17.8. The Kier molecular flexibility index (Phi) is 6.49. The maximum absolute atomic E-state index is 12.2. The number of likely N-dealkylation sites (tertiary alicyclic amines) is 1. The van der Waals surface area contributed by atoms with Gasteiger partial charge in [0, 0.05) is 19.6 Å². The number of carbonyl (C=O) groups is 2. The number of piperidine rings is 1. The number of hydrogen-bond acceptors (Lipinski definition) is 2. The molecule has 1 aliphatic heterocycles. The molecule has 1 unspecified atom stereocenters. The van der Waals surface area contributed by atoms with Crippen molar-refractivity contribution in [1.82, 2.24) is 10.2 Å². The Bertz CT molecular complexity index is 365. The molecule has 1 fully saturated rings. The molecule has 5 nitrogen and oxygen atoms in total. The van der Waals surface area contributed by atoms with E-state index < -0.39 is 11.4 Å². The fraction of sp³-hybridized carbons (Fsp3) is 0.875. The minimum Gasteiger partial charge on any atom is -0.481 e. The molecule has 0 radical (unpaired) electrons. The van der Waals surface area contributed by atoms with E-state index in [1.54, 1.807) is 18.7 Å². The summed E-state index contributed by atoms with van der Waals surface area (Å²) < 4.78 is 0. The zero-order valence-corrected chi connectivity index (χ0v) is 13.8. The van der Waals surface area contributed by atoms with Gasteiger partial charge in [0.15, 0.2) is 0 Å². The van der Waals surface area contributed by atoms with Gasteiger partial charge in [0.1, 0.15) is 0 Å². The first-order valence-corrected chi connectivity index (χ1v) is 8.09. The normalized spacial score (nSPS) is 19.7. The molecule has 0 aromatic heterocycles. The van der Waals surface area contributed by atoms with Gasteiger partial charge in [0.05, 0.1) is 5.41 Å². The first-order valence-electron chi connectivity index (χ1n) is 8.09. The van der Waals surface area contributed by atoms with E-state index in [2.05, 4.69) is 19.2 Å². The molecular formula is C16H30N2O3. The van der Waals surface area contributed by atoms with Gasteiger partial charge < -0.3 is 15.3 Å². The number of carboxylic acids is 1. The highest BCUT2D eigenvalue weighted by atomic mass is 16.4. The SMILES string of the molecule is CCC(CC)CNC(=O)N1CCCC(C(C)(C)C(=O)O)C1. The van der Waals surface area contributed by atoms with Crippen LogP contribution in [0.4, 0.5) is 4.79 Å². The summed E-state index contributed by atoms with van der Waals surface area (Å²) in [4.78, 5) is 25.4. The number of amides is 2. The summed E-state index contributed by atoms with van der Waals surface area (Å²) in [6.45, 7) is 9.74. The largest absolute Gasteiger partial charge is 0.481 e. The fourth-order valence-electron chi connectivity index (χ4n) is 2.85. The molecule has 122 valence electrons. The lowest BCUT2D eigenvalue weighted by Gasteiger charge is -2.39. The molecule has 21 heavy (non-hydrogen) atoms. The van der Waals surface area contributed by atoms with Crippen molar-refractivity contribution in [2.45, 2.75) is 53.4 Å². The second-order valence-electron chi connectivity index (χ2n) is 6.68. The third kappa shape index (κ3) is 4.61. The molecule has 5 heteroatoms. The van der Waals surface area contributed by atoms with Gasteiger partial charge in [-0.1, -0.05) is 26.7 Å². The fourth-order valence-corrected chi connectivity index (χ4v) is 2.85. The lowest BCUT2D eigenvalue weighted by Crippen LogP contribution is -2.50. The minimum absolute atomic E-state index is 0.0163. The van der Waals surface area contributed by atoms with Gasteiger partial charge in [0.2, 0.25) is 0 Å². The molecular weight excluding hydrogens is 268 g/mol. The van der Waals surface area contributed by atoms with Crippen molar-refractivity contribution < 1.29 is 14.7 Å². The molecule has 0 bridgehead atoms. The molecule has 1 rings (SSSR count). The van der Waals surface area contributed by atoms with Crippen LogP contribution < -0.4 is 5.32 Å². The van der Waals surface area contributed by atoms with Crippen molar-refractivity contribution in [1.29, 1.82) is 0 Å². The van der Waals surface area contributed by atoms with Crippen molar-refractivity contribution in [3.05, 3.63) is 0 Å². The molecule has 0 aliphatic carbocycles. The van der Waals surface area contributed by atoms with E-state index in [1.165, 1.54) is 0 Å². The Morgan fingerprint density at radius 1 is 1.33 bits per heavy atom. The van der Waals surface area contributed by atoms with Gasteiger partial charge in [-0.2, -0.15) is 0 Å². The van der Waals surface area contributed by atoms with Crippen molar-refractivity contribution in [3.8, 4) is 0 Å². The number of hydrogen-bond donors (Lipinski definition) is 2. The van der Waals surface area contributed by atoms with E-state index in [4.69, 9.17) is 0 Å². The Morgan fingerprint density at radius 2 is 1.95 bits per heavy atom. The van der Waals surface area contributed by atoms with E-state index in [0.717, 1.165) is 32.2 Å². The zero-order chi connectivity index (χ0) is 16.0. The highest BCUT2D eigenvalue weighted by Crippen LogP contribution is 2.34. The van der Waals surface area contributed by atoms with Crippen LogP contribution in [0.25, 0.3) is 0 Å². The Morgan fingerprint density at radius 3 is 2.48 bits per heavy atom. The average Bonchev–Trinajstić information content (AvgIpc) is 2.48. The molecule has 0 aromatic rings. The second-order valence-corrected chi connectivity index (χ2v) is 6.68. The topological polar surface area (TPSA) is 69.6 Å². The predicted octanol–water partition coefficient (Wildman–Crippen LogP) is 2.96. The molecule has 1 saturated heterocycles. The van der Waals surface area contributed by atoms with E-state index in [0.29, 0.717) is 19.0 Å². The van der Waals surface area contributed by atoms with Crippen molar-refractivity contribution in [2.24, 2.45) is 17.3 Å². The lowest BCUT2D eigenvalue weighted by atomic mass is 9.74. The van der Waals surface area contributed by atoms with Gasteiger partial charge in [-0.25, -0.2) is 4.79 Å². The molecule has 1 aliphatic rings. The first-order chi connectivity index (χ1) is 9.82. The van der Waals surface area contributed by atoms with Crippen molar-refractivity contribution in [2.75, 3.05) is 19.6 Å². The van der Waals surface area contributed by atoms with E-state index in [-0.39, 0.29) is 11.9 Å². The number of rotatable bonds is 6. The van der Waals surface area contributed by atoms with E-state index in [1.807, 2.05) is 0 Å². The molecule has 1 heterocycles. The second kappa shape index (κ2) is 7.66. The third-order valence-corrected chi connectivity index (χ3v) is 4.98. The number of carbonyl (C=O) groups excluding carboxylic acids is 1. The summed E-state index contributed by atoms with van der Waals surface area (Å²) in [6, 6.07) is -0.0483. The number of urea groups is 1. The van der Waals surface area contributed by atoms with Crippen LogP contribution in [0, 0.1) is 17.3 Å². The van der Waals surface area contributed by atoms with Crippen LogP contribution in [0.15, 0.2) is 0 Å². The van der Waals surface area contributed by atoms with Gasteiger partial charge >= 0.3 is 12.0 Å². The van der Waals surface area contributed by atoms with Crippen LogP contribution >= 0.6 is 0 Å². The molecule has 1 atom stereocenters. The summed E-state index contributed by atoms with van der Waals surface area (Å²) in [5.41, 5.74) is -0.783. The number of nitrogens with one attached hydrogen (secondary N) is 1. The van der Waals surface area contributed by atoms with Crippen molar-refractivity contribution in [3.63, 3.8) is 0 Å². The van der Waals surface area contributed by atoms with Crippen molar-refractivity contribution >= 4 is 12.0 Å². The number of aliphatic carboxylic acids is 1. The maximum Gasteiger partial charge on any atom is 0.317 e. The van der Waals surface area contributed by atoms with E-state index in [9.17, 15) is 14.7 Å². The number of nitrogens with zero attached hydrogens (tertiary/aromatic N) is 1. The van der Waals surface area contributed by atoms with E-state index >= 15 is 0 Å². The molecule has 2 N–H and O–H groups in total. The smallest absolute Gasteiger partial charge is 0.317 e. The molecule has 0 saturated carbocycles. The summed E-state index contributed by atoms with van der Waals surface area (Å²) in [5.74, 6) is -0.251. The monoisotopic (exact) mass is 298 g/mol. The lowest BCUT2D eigenvalue weighted by molar-refractivity contribution is -0.151. The van der Waals surface area contributed by atoms with Gasteiger partial charge in [-0.15, -0.1) is 0 Å². The Hall–Kier alpha value is -1.26.